The van der Waals surface area contributed by atoms with E-state index in [-0.39, 0.29) is 12.4 Å². The molecule has 0 aliphatic heterocycles. The molecule has 1 aromatic heterocycles. The second-order valence-electron chi connectivity index (χ2n) is 2.63. The predicted octanol–water partition coefficient (Wildman–Crippen LogP) is -0.521. The lowest BCUT2D eigenvalue weighted by molar-refractivity contribution is -0.125. The van der Waals surface area contributed by atoms with Gasteiger partial charge in [-0.1, -0.05) is 0 Å². The van der Waals surface area contributed by atoms with Crippen LogP contribution in [0, 0.1) is 5.82 Å². The number of aliphatic hydroxyl groups is 1. The van der Waals surface area contributed by atoms with Crippen molar-refractivity contribution in [2.75, 3.05) is 11.9 Å². The molecule has 5 nitrogen and oxygen atoms in total. The summed E-state index contributed by atoms with van der Waals surface area (Å²) in [4.78, 5) is 14.1. The van der Waals surface area contributed by atoms with Crippen molar-refractivity contribution in [3.05, 3.63) is 24.1 Å². The fourth-order valence-electron chi connectivity index (χ4n) is 0.810. The topological polar surface area (TPSA) is 88.2 Å². The van der Waals surface area contributed by atoms with E-state index in [2.05, 4.69) is 10.3 Å². The first-order valence-corrected chi connectivity index (χ1v) is 3.93. The van der Waals surface area contributed by atoms with Crippen LogP contribution in [0.5, 0.6) is 0 Å². The Bertz CT molecular complexity index is 332. The van der Waals surface area contributed by atoms with Gasteiger partial charge in [-0.2, -0.15) is 0 Å². The van der Waals surface area contributed by atoms with Gasteiger partial charge in [-0.25, -0.2) is 9.37 Å². The van der Waals surface area contributed by atoms with Gasteiger partial charge in [0.15, 0.2) is 11.6 Å². The van der Waals surface area contributed by atoms with Crippen LogP contribution >= 0.6 is 0 Å². The Kier molecular flexibility index (Phi) is 3.35. The maximum atomic E-state index is 12.9. The average molecular weight is 199 g/mol. The molecule has 0 bridgehead atoms. The summed E-state index contributed by atoms with van der Waals surface area (Å²) in [6.45, 7) is -0.163. The first-order valence-electron chi connectivity index (χ1n) is 3.93. The molecule has 1 unspecified atom stereocenters. The molecular weight excluding hydrogens is 189 g/mol. The van der Waals surface area contributed by atoms with Crippen LogP contribution in [0.2, 0.25) is 0 Å². The highest BCUT2D eigenvalue weighted by Crippen LogP contribution is 2.07. The molecule has 0 radical (unpaired) electrons. The molecule has 4 N–H and O–H groups in total. The number of nitrogens with two attached hydrogens (primary N) is 1. The molecule has 0 spiro atoms. The number of aromatic nitrogens is 1. The summed E-state index contributed by atoms with van der Waals surface area (Å²) in [6, 6.07) is 2.65. The number of primary amides is 1. The molecule has 0 saturated carbocycles. The molecule has 14 heavy (non-hydrogen) atoms. The lowest BCUT2D eigenvalue weighted by Gasteiger charge is -2.08. The molecule has 6 heteroatoms. The van der Waals surface area contributed by atoms with Crippen LogP contribution in [-0.2, 0) is 4.79 Å². The minimum Gasteiger partial charge on any atom is -0.381 e. The highest BCUT2D eigenvalue weighted by Gasteiger charge is 2.11. The molecule has 0 aromatic carbocycles. The van der Waals surface area contributed by atoms with Gasteiger partial charge < -0.3 is 16.2 Å². The van der Waals surface area contributed by atoms with E-state index in [4.69, 9.17) is 10.8 Å². The van der Waals surface area contributed by atoms with E-state index >= 15 is 0 Å². The quantitative estimate of drug-likeness (QED) is 0.608. The van der Waals surface area contributed by atoms with Gasteiger partial charge in [0.25, 0.3) is 0 Å². The third-order valence-corrected chi connectivity index (χ3v) is 1.55. The molecule has 1 atom stereocenters. The molecule has 0 aliphatic carbocycles. The molecule has 0 fully saturated rings. The summed E-state index contributed by atoms with van der Waals surface area (Å²) in [7, 11) is 0. The fraction of sp³-hybridized carbons (Fsp3) is 0.250. The van der Waals surface area contributed by atoms with Gasteiger partial charge in [0.05, 0.1) is 6.54 Å². The van der Waals surface area contributed by atoms with E-state index in [1.54, 1.807) is 0 Å². The van der Waals surface area contributed by atoms with Crippen LogP contribution in [0.15, 0.2) is 18.3 Å². The standard InChI is InChI=1S/C8H10FN3O2/c9-5-2-1-3-11-8(5)12-4-6(13)7(10)14/h1-3,6,13H,4H2,(H2,10,14)(H,11,12). The molecule has 1 amide bonds. The van der Waals surface area contributed by atoms with Crippen molar-refractivity contribution in [3.8, 4) is 0 Å². The van der Waals surface area contributed by atoms with Crippen molar-refractivity contribution in [2.45, 2.75) is 6.10 Å². The van der Waals surface area contributed by atoms with Crippen molar-refractivity contribution in [1.82, 2.24) is 4.98 Å². The minimum absolute atomic E-state index is 0.0206. The number of carbonyl (C=O) groups excluding carboxylic acids is 1. The number of hydrogen-bond acceptors (Lipinski definition) is 4. The number of hydrogen-bond donors (Lipinski definition) is 3. The zero-order valence-corrected chi connectivity index (χ0v) is 7.27. The maximum absolute atomic E-state index is 12.9. The number of aliphatic hydroxyl groups excluding tert-OH is 1. The minimum atomic E-state index is -1.35. The zero-order valence-electron chi connectivity index (χ0n) is 7.27. The van der Waals surface area contributed by atoms with E-state index in [1.165, 1.54) is 18.3 Å². The zero-order chi connectivity index (χ0) is 10.6. The third-order valence-electron chi connectivity index (χ3n) is 1.55. The Morgan fingerprint density at radius 3 is 3.07 bits per heavy atom. The van der Waals surface area contributed by atoms with Gasteiger partial charge in [0.1, 0.15) is 6.10 Å². The number of halogens is 1. The number of nitrogens with zero attached hydrogens (tertiary/aromatic N) is 1. The first-order chi connectivity index (χ1) is 6.61. The molecule has 0 aliphatic rings. The Morgan fingerprint density at radius 1 is 1.79 bits per heavy atom. The number of rotatable bonds is 4. The van der Waals surface area contributed by atoms with Crippen LogP contribution in [0.1, 0.15) is 0 Å². The van der Waals surface area contributed by atoms with Gasteiger partial charge in [-0.3, -0.25) is 4.79 Å². The molecule has 1 rings (SSSR count). The number of carbonyl (C=O) groups is 1. The predicted molar refractivity (Wildman–Crippen MR) is 47.9 cm³/mol. The maximum Gasteiger partial charge on any atom is 0.248 e. The van der Waals surface area contributed by atoms with Crippen molar-refractivity contribution in [3.63, 3.8) is 0 Å². The summed E-state index contributed by atoms with van der Waals surface area (Å²) in [5.74, 6) is -1.44. The molecular formula is C8H10FN3O2. The monoisotopic (exact) mass is 199 g/mol. The Morgan fingerprint density at radius 2 is 2.50 bits per heavy atom. The Labute approximate surface area is 79.8 Å². The van der Waals surface area contributed by atoms with Gasteiger partial charge in [0, 0.05) is 6.20 Å². The normalized spacial score (nSPS) is 12.1. The van der Waals surface area contributed by atoms with E-state index < -0.39 is 17.8 Å². The van der Waals surface area contributed by atoms with E-state index in [1.807, 2.05) is 0 Å². The van der Waals surface area contributed by atoms with Crippen LogP contribution in [-0.4, -0.2) is 28.6 Å². The van der Waals surface area contributed by atoms with Crippen LogP contribution in [0.4, 0.5) is 10.2 Å². The first kappa shape index (κ1) is 10.4. The number of nitrogens with one attached hydrogen (secondary N) is 1. The van der Waals surface area contributed by atoms with Crippen molar-refractivity contribution < 1.29 is 14.3 Å². The number of pyridine rings is 1. The Hall–Kier alpha value is -1.69. The lowest BCUT2D eigenvalue weighted by atomic mass is 10.3. The number of amides is 1. The van der Waals surface area contributed by atoms with Gasteiger partial charge >= 0.3 is 0 Å². The molecule has 76 valence electrons. The average Bonchev–Trinajstić information content (AvgIpc) is 2.16. The molecule has 1 aromatic rings. The largest absolute Gasteiger partial charge is 0.381 e. The smallest absolute Gasteiger partial charge is 0.248 e. The van der Waals surface area contributed by atoms with Gasteiger partial charge in [-0.05, 0) is 12.1 Å². The summed E-state index contributed by atoms with van der Waals surface area (Å²) < 4.78 is 12.9. The van der Waals surface area contributed by atoms with E-state index in [0.29, 0.717) is 0 Å². The van der Waals surface area contributed by atoms with E-state index in [9.17, 15) is 9.18 Å². The second-order valence-corrected chi connectivity index (χ2v) is 2.63. The van der Waals surface area contributed by atoms with Crippen LogP contribution < -0.4 is 11.1 Å². The highest BCUT2D eigenvalue weighted by atomic mass is 19.1. The lowest BCUT2D eigenvalue weighted by Crippen LogP contribution is -2.34. The van der Waals surface area contributed by atoms with Crippen molar-refractivity contribution in [1.29, 1.82) is 0 Å². The van der Waals surface area contributed by atoms with Crippen molar-refractivity contribution in [2.24, 2.45) is 5.73 Å². The summed E-state index contributed by atoms with van der Waals surface area (Å²) in [5, 5.41) is 11.4. The number of anilines is 1. The second kappa shape index (κ2) is 4.52. The molecule has 0 saturated heterocycles. The van der Waals surface area contributed by atoms with E-state index in [0.717, 1.165) is 0 Å². The molecule has 1 heterocycles. The third kappa shape index (κ3) is 2.67. The van der Waals surface area contributed by atoms with Crippen LogP contribution in [0.3, 0.4) is 0 Å². The highest BCUT2D eigenvalue weighted by molar-refractivity contribution is 5.79. The fourth-order valence-corrected chi connectivity index (χ4v) is 0.810. The van der Waals surface area contributed by atoms with Crippen molar-refractivity contribution >= 4 is 11.7 Å². The van der Waals surface area contributed by atoms with Gasteiger partial charge in [-0.15, -0.1) is 0 Å². The summed E-state index contributed by atoms with van der Waals surface area (Å²) in [5.41, 5.74) is 4.80. The summed E-state index contributed by atoms with van der Waals surface area (Å²) in [6.07, 6.45) is 0.0404. The van der Waals surface area contributed by atoms with Gasteiger partial charge in [0.2, 0.25) is 5.91 Å². The Balaban J connectivity index is 2.54. The van der Waals surface area contributed by atoms with Crippen LogP contribution in [0.25, 0.3) is 0 Å². The SMILES string of the molecule is NC(=O)C(O)CNc1ncccc1F. The summed E-state index contributed by atoms with van der Waals surface area (Å²) >= 11 is 0.